The molecule has 0 bridgehead atoms. The molecule has 3 rings (SSSR count). The molecular formula is C22H36N3O+. The molecule has 4 atom stereocenters. The number of nitrogens with one attached hydrogen (secondary N) is 2. The van der Waals surface area contributed by atoms with Gasteiger partial charge in [-0.3, -0.25) is 4.79 Å². The van der Waals surface area contributed by atoms with E-state index in [0.29, 0.717) is 17.9 Å². The Bertz CT molecular complexity index is 609. The first-order chi connectivity index (χ1) is 12.5. The third kappa shape index (κ3) is 4.22. The summed E-state index contributed by atoms with van der Waals surface area (Å²) in [6.45, 7) is 13.0. The Balaban J connectivity index is 1.52. The van der Waals surface area contributed by atoms with Crippen LogP contribution >= 0.6 is 0 Å². The third-order valence-corrected chi connectivity index (χ3v) is 6.90. The SMILES string of the molecule is Cc1ccccc1N1CC[NH+]([C@H](C)C(=O)N[C@@H]2CCC[C@H](C)[C@@H]2C)CC1. The standard InChI is InChI=1S/C22H35N3O/c1-16-9-7-10-20(18(16)3)23-22(26)19(4)24-12-14-25(15-13-24)21-11-6-5-8-17(21)2/h5-6,8,11,16,18-20H,7,9-10,12-15H2,1-4H3,(H,23,26)/p+1/t16-,18-,19+,20+/m0/s1. The van der Waals surface area contributed by atoms with Crippen molar-refractivity contribution < 1.29 is 9.69 Å². The first kappa shape index (κ1) is 19.2. The largest absolute Gasteiger partial charge is 0.360 e. The van der Waals surface area contributed by atoms with Gasteiger partial charge in [-0.05, 0) is 43.7 Å². The predicted molar refractivity (Wildman–Crippen MR) is 108 cm³/mol. The van der Waals surface area contributed by atoms with E-state index in [0.717, 1.165) is 32.6 Å². The summed E-state index contributed by atoms with van der Waals surface area (Å²) in [6.07, 6.45) is 3.68. The first-order valence-corrected chi connectivity index (χ1v) is 10.4. The van der Waals surface area contributed by atoms with E-state index in [9.17, 15) is 4.79 Å². The second-order valence-electron chi connectivity index (χ2n) is 8.54. The molecule has 2 fully saturated rings. The number of aryl methyl sites for hydroxylation is 1. The van der Waals surface area contributed by atoms with Crippen molar-refractivity contribution in [1.82, 2.24) is 5.32 Å². The molecule has 1 saturated carbocycles. The van der Waals surface area contributed by atoms with Crippen LogP contribution in [0.4, 0.5) is 5.69 Å². The zero-order chi connectivity index (χ0) is 18.7. The van der Waals surface area contributed by atoms with E-state index in [1.807, 2.05) is 0 Å². The quantitative estimate of drug-likeness (QED) is 0.864. The van der Waals surface area contributed by atoms with E-state index < -0.39 is 0 Å². The molecule has 1 aromatic rings. The number of hydrogen-bond acceptors (Lipinski definition) is 2. The molecule has 144 valence electrons. The van der Waals surface area contributed by atoms with Gasteiger partial charge >= 0.3 is 0 Å². The van der Waals surface area contributed by atoms with E-state index >= 15 is 0 Å². The highest BCUT2D eigenvalue weighted by Gasteiger charge is 2.33. The molecule has 4 heteroatoms. The summed E-state index contributed by atoms with van der Waals surface area (Å²) in [7, 11) is 0. The van der Waals surface area contributed by atoms with Crippen LogP contribution in [0.3, 0.4) is 0 Å². The van der Waals surface area contributed by atoms with Gasteiger partial charge in [0.1, 0.15) is 0 Å². The van der Waals surface area contributed by atoms with E-state index in [1.54, 1.807) is 0 Å². The number of benzene rings is 1. The van der Waals surface area contributed by atoms with Crippen molar-refractivity contribution in [3.63, 3.8) is 0 Å². The molecule has 1 heterocycles. The lowest BCUT2D eigenvalue weighted by molar-refractivity contribution is -0.914. The first-order valence-electron chi connectivity index (χ1n) is 10.4. The lowest BCUT2D eigenvalue weighted by atomic mass is 9.78. The maximum Gasteiger partial charge on any atom is 0.278 e. The minimum Gasteiger partial charge on any atom is -0.360 e. The van der Waals surface area contributed by atoms with Gasteiger partial charge in [-0.2, -0.15) is 0 Å². The molecule has 0 spiro atoms. The predicted octanol–water partition coefficient (Wildman–Crippen LogP) is 2.03. The van der Waals surface area contributed by atoms with Crippen molar-refractivity contribution in [2.75, 3.05) is 31.1 Å². The molecular weight excluding hydrogens is 322 g/mol. The summed E-state index contributed by atoms with van der Waals surface area (Å²) in [5.74, 6) is 1.55. The molecule has 2 aliphatic rings. The van der Waals surface area contributed by atoms with E-state index in [1.165, 1.54) is 29.0 Å². The molecule has 0 unspecified atom stereocenters. The van der Waals surface area contributed by atoms with Gasteiger partial charge in [0.05, 0.1) is 26.2 Å². The zero-order valence-electron chi connectivity index (χ0n) is 16.9. The van der Waals surface area contributed by atoms with Gasteiger partial charge in [0.15, 0.2) is 6.04 Å². The highest BCUT2D eigenvalue weighted by atomic mass is 16.2. The lowest BCUT2D eigenvalue weighted by Crippen LogP contribution is -3.19. The van der Waals surface area contributed by atoms with Gasteiger partial charge in [0.25, 0.3) is 5.91 Å². The number of quaternary nitrogens is 1. The van der Waals surface area contributed by atoms with Crippen LogP contribution in [0.15, 0.2) is 24.3 Å². The fourth-order valence-corrected chi connectivity index (χ4v) is 4.66. The Labute approximate surface area is 158 Å². The summed E-state index contributed by atoms with van der Waals surface area (Å²) in [6, 6.07) is 9.00. The fourth-order valence-electron chi connectivity index (χ4n) is 4.66. The highest BCUT2D eigenvalue weighted by molar-refractivity contribution is 5.80. The average Bonchev–Trinajstić information content (AvgIpc) is 2.65. The van der Waals surface area contributed by atoms with Crippen molar-refractivity contribution >= 4 is 11.6 Å². The van der Waals surface area contributed by atoms with Crippen LogP contribution in [0.5, 0.6) is 0 Å². The van der Waals surface area contributed by atoms with Gasteiger partial charge in [0.2, 0.25) is 0 Å². The minimum atomic E-state index is 0.0402. The van der Waals surface area contributed by atoms with Gasteiger partial charge in [-0.1, -0.05) is 44.9 Å². The number of piperazine rings is 1. The zero-order valence-corrected chi connectivity index (χ0v) is 16.9. The van der Waals surface area contributed by atoms with Crippen LogP contribution in [0.1, 0.15) is 45.6 Å². The van der Waals surface area contributed by atoms with Crippen molar-refractivity contribution in [2.24, 2.45) is 11.8 Å². The molecule has 4 nitrogen and oxygen atoms in total. The van der Waals surface area contributed by atoms with Crippen LogP contribution in [-0.2, 0) is 4.79 Å². The summed E-state index contributed by atoms with van der Waals surface area (Å²) in [4.78, 5) is 16.7. The lowest BCUT2D eigenvalue weighted by Gasteiger charge is -2.38. The Hall–Kier alpha value is -1.55. The Kier molecular flexibility index (Phi) is 6.23. The van der Waals surface area contributed by atoms with Crippen LogP contribution in [0.2, 0.25) is 0 Å². The van der Waals surface area contributed by atoms with Crippen LogP contribution in [-0.4, -0.2) is 44.2 Å². The van der Waals surface area contributed by atoms with Crippen LogP contribution in [0, 0.1) is 18.8 Å². The smallest absolute Gasteiger partial charge is 0.278 e. The van der Waals surface area contributed by atoms with Crippen molar-refractivity contribution in [3.8, 4) is 0 Å². The maximum absolute atomic E-state index is 12.8. The number of amides is 1. The average molecular weight is 359 g/mol. The maximum atomic E-state index is 12.8. The fraction of sp³-hybridized carbons (Fsp3) is 0.682. The van der Waals surface area contributed by atoms with Crippen LogP contribution < -0.4 is 15.1 Å². The van der Waals surface area contributed by atoms with Crippen molar-refractivity contribution in [1.29, 1.82) is 0 Å². The van der Waals surface area contributed by atoms with Gasteiger partial charge in [-0.25, -0.2) is 0 Å². The molecule has 1 aliphatic heterocycles. The summed E-state index contributed by atoms with van der Waals surface area (Å²) < 4.78 is 0. The Morgan fingerprint density at radius 2 is 1.88 bits per heavy atom. The number of carbonyl (C=O) groups excluding carboxylic acids is 1. The van der Waals surface area contributed by atoms with E-state index in [4.69, 9.17) is 0 Å². The second-order valence-corrected chi connectivity index (χ2v) is 8.54. The summed E-state index contributed by atoms with van der Waals surface area (Å²) in [5.41, 5.74) is 2.68. The highest BCUT2D eigenvalue weighted by Crippen LogP contribution is 2.29. The minimum absolute atomic E-state index is 0.0402. The molecule has 1 aliphatic carbocycles. The van der Waals surface area contributed by atoms with Crippen molar-refractivity contribution in [3.05, 3.63) is 29.8 Å². The van der Waals surface area contributed by atoms with E-state index in [2.05, 4.69) is 62.2 Å². The number of anilines is 1. The van der Waals surface area contributed by atoms with Crippen molar-refractivity contribution in [2.45, 2.75) is 59.0 Å². The monoisotopic (exact) mass is 358 g/mol. The van der Waals surface area contributed by atoms with E-state index in [-0.39, 0.29) is 11.9 Å². The molecule has 2 N–H and O–H groups in total. The molecule has 0 aromatic heterocycles. The topological polar surface area (TPSA) is 36.8 Å². The number of hydrogen-bond donors (Lipinski definition) is 2. The molecule has 1 aromatic carbocycles. The normalized spacial score (nSPS) is 28.6. The molecule has 0 radical (unpaired) electrons. The van der Waals surface area contributed by atoms with Gasteiger partial charge in [-0.15, -0.1) is 0 Å². The second kappa shape index (κ2) is 8.43. The van der Waals surface area contributed by atoms with Gasteiger partial charge < -0.3 is 15.1 Å². The Morgan fingerprint density at radius 3 is 2.58 bits per heavy atom. The molecule has 1 saturated heterocycles. The molecule has 1 amide bonds. The number of para-hydroxylation sites is 1. The number of rotatable bonds is 4. The number of carbonyl (C=O) groups is 1. The van der Waals surface area contributed by atoms with Crippen LogP contribution in [0.25, 0.3) is 0 Å². The number of nitrogens with zero attached hydrogens (tertiary/aromatic N) is 1. The summed E-state index contributed by atoms with van der Waals surface area (Å²) in [5, 5.41) is 3.37. The molecule has 26 heavy (non-hydrogen) atoms. The van der Waals surface area contributed by atoms with Gasteiger partial charge in [0, 0.05) is 11.7 Å². The Morgan fingerprint density at radius 1 is 1.19 bits per heavy atom. The summed E-state index contributed by atoms with van der Waals surface area (Å²) >= 11 is 0. The third-order valence-electron chi connectivity index (χ3n) is 6.90.